The fraction of sp³-hybridized carbons (Fsp3) is 0.435. The number of esters is 2. The van der Waals surface area contributed by atoms with E-state index in [4.69, 9.17) is 9.47 Å². The van der Waals surface area contributed by atoms with Crippen molar-refractivity contribution in [3.63, 3.8) is 0 Å². The van der Waals surface area contributed by atoms with Gasteiger partial charge in [0.1, 0.15) is 5.69 Å². The van der Waals surface area contributed by atoms with Crippen molar-refractivity contribution in [3.05, 3.63) is 46.8 Å². The van der Waals surface area contributed by atoms with Crippen LogP contribution in [0.15, 0.2) is 29.2 Å². The van der Waals surface area contributed by atoms with Crippen LogP contribution in [-0.2, 0) is 24.3 Å². The Kier molecular flexibility index (Phi) is 8.11. The average Bonchev–Trinajstić information content (AvgIpc) is 3.12. The summed E-state index contributed by atoms with van der Waals surface area (Å²) in [6, 6.07) is 5.85. The van der Waals surface area contributed by atoms with Gasteiger partial charge in [-0.05, 0) is 63.4 Å². The van der Waals surface area contributed by atoms with Crippen LogP contribution in [0, 0.1) is 13.8 Å². The number of H-pyrrole nitrogens is 1. The third-order valence-electron chi connectivity index (χ3n) is 5.55. The SMILES string of the molecule is CCOC(=O)c1c(C)[nH]c(C(=O)OCC(=O)Nc2ccc(S(=O)(=O)N3CCCCC3)cc2)c1C. The van der Waals surface area contributed by atoms with Gasteiger partial charge < -0.3 is 19.8 Å². The number of carbonyl (C=O) groups excluding carboxylic acids is 3. The second-order valence-electron chi connectivity index (χ2n) is 7.96. The van der Waals surface area contributed by atoms with E-state index in [0.29, 0.717) is 30.0 Å². The largest absolute Gasteiger partial charge is 0.462 e. The standard InChI is InChI=1S/C23H29N3O7S/c1-4-32-22(28)20-15(2)21(24-16(20)3)23(29)33-14-19(27)25-17-8-10-18(11-9-17)34(30,31)26-12-6-5-7-13-26/h8-11,24H,4-7,12-14H2,1-3H3,(H,25,27). The number of rotatable bonds is 8. The molecule has 1 aromatic heterocycles. The zero-order chi connectivity index (χ0) is 24.9. The van der Waals surface area contributed by atoms with E-state index in [0.717, 1.165) is 19.3 Å². The molecule has 1 saturated heterocycles. The molecule has 0 bridgehead atoms. The number of aromatic amines is 1. The fourth-order valence-corrected chi connectivity index (χ4v) is 5.35. The maximum Gasteiger partial charge on any atom is 0.355 e. The smallest absolute Gasteiger partial charge is 0.355 e. The lowest BCUT2D eigenvalue weighted by molar-refractivity contribution is -0.119. The van der Waals surface area contributed by atoms with Crippen LogP contribution >= 0.6 is 0 Å². The Balaban J connectivity index is 1.58. The van der Waals surface area contributed by atoms with E-state index in [1.807, 2.05) is 0 Å². The number of nitrogens with one attached hydrogen (secondary N) is 2. The molecule has 3 rings (SSSR count). The van der Waals surface area contributed by atoms with E-state index in [9.17, 15) is 22.8 Å². The first-order chi connectivity index (χ1) is 16.1. The van der Waals surface area contributed by atoms with Crippen molar-refractivity contribution in [2.75, 3.05) is 31.6 Å². The molecule has 1 aliphatic heterocycles. The highest BCUT2D eigenvalue weighted by atomic mass is 32.2. The highest BCUT2D eigenvalue weighted by molar-refractivity contribution is 7.89. The van der Waals surface area contributed by atoms with Crippen LogP contribution in [0.3, 0.4) is 0 Å². The van der Waals surface area contributed by atoms with E-state index in [1.54, 1.807) is 20.8 Å². The van der Waals surface area contributed by atoms with Crippen LogP contribution in [0.25, 0.3) is 0 Å². The number of aromatic nitrogens is 1. The van der Waals surface area contributed by atoms with Crippen molar-refractivity contribution in [1.29, 1.82) is 0 Å². The van der Waals surface area contributed by atoms with Gasteiger partial charge in [0.25, 0.3) is 5.91 Å². The minimum atomic E-state index is -3.56. The van der Waals surface area contributed by atoms with E-state index in [-0.39, 0.29) is 22.8 Å². The molecule has 0 unspecified atom stereocenters. The number of nitrogens with zero attached hydrogens (tertiary/aromatic N) is 1. The summed E-state index contributed by atoms with van der Waals surface area (Å²) >= 11 is 0. The molecule has 184 valence electrons. The first-order valence-electron chi connectivity index (χ1n) is 11.1. The molecule has 34 heavy (non-hydrogen) atoms. The van der Waals surface area contributed by atoms with Crippen molar-refractivity contribution in [2.45, 2.75) is 44.9 Å². The number of carbonyl (C=O) groups is 3. The molecule has 0 radical (unpaired) electrons. The highest BCUT2D eigenvalue weighted by Crippen LogP contribution is 2.22. The van der Waals surface area contributed by atoms with Gasteiger partial charge >= 0.3 is 11.9 Å². The molecular formula is C23H29N3O7S. The van der Waals surface area contributed by atoms with Crippen molar-refractivity contribution < 1.29 is 32.3 Å². The summed E-state index contributed by atoms with van der Waals surface area (Å²) in [5.74, 6) is -1.92. The number of benzene rings is 1. The third kappa shape index (κ3) is 5.65. The maximum atomic E-state index is 12.7. The summed E-state index contributed by atoms with van der Waals surface area (Å²) in [7, 11) is -3.56. The van der Waals surface area contributed by atoms with Crippen LogP contribution in [0.1, 0.15) is 58.3 Å². The van der Waals surface area contributed by atoms with E-state index in [1.165, 1.54) is 28.6 Å². The molecule has 1 fully saturated rings. The predicted octanol–water partition coefficient (Wildman–Crippen LogP) is 2.78. The molecular weight excluding hydrogens is 462 g/mol. The quantitative estimate of drug-likeness (QED) is 0.542. The second kappa shape index (κ2) is 10.8. The predicted molar refractivity (Wildman–Crippen MR) is 124 cm³/mol. The first-order valence-corrected chi connectivity index (χ1v) is 12.5. The van der Waals surface area contributed by atoms with Gasteiger partial charge in [0.15, 0.2) is 6.61 Å². The third-order valence-corrected chi connectivity index (χ3v) is 7.46. The zero-order valence-electron chi connectivity index (χ0n) is 19.5. The summed E-state index contributed by atoms with van der Waals surface area (Å²) in [4.78, 5) is 39.7. The molecule has 0 atom stereocenters. The summed E-state index contributed by atoms with van der Waals surface area (Å²) in [6.45, 7) is 5.57. The van der Waals surface area contributed by atoms with Crippen LogP contribution in [0.4, 0.5) is 5.69 Å². The van der Waals surface area contributed by atoms with Gasteiger partial charge in [-0.2, -0.15) is 4.31 Å². The Morgan fingerprint density at radius 1 is 1.00 bits per heavy atom. The molecule has 0 aliphatic carbocycles. The molecule has 2 heterocycles. The van der Waals surface area contributed by atoms with Crippen LogP contribution < -0.4 is 5.32 Å². The van der Waals surface area contributed by atoms with Crippen LogP contribution in [0.2, 0.25) is 0 Å². The first kappa shape index (κ1) is 25.4. The van der Waals surface area contributed by atoms with Gasteiger partial charge in [-0.15, -0.1) is 0 Å². The summed E-state index contributed by atoms with van der Waals surface area (Å²) in [5.41, 5.74) is 1.55. The minimum absolute atomic E-state index is 0.0700. The van der Waals surface area contributed by atoms with Gasteiger partial charge in [-0.1, -0.05) is 6.42 Å². The highest BCUT2D eigenvalue weighted by Gasteiger charge is 2.26. The summed E-state index contributed by atoms with van der Waals surface area (Å²) < 4.78 is 37.0. The molecule has 2 N–H and O–H groups in total. The zero-order valence-corrected chi connectivity index (χ0v) is 20.3. The van der Waals surface area contributed by atoms with E-state index < -0.39 is 34.5 Å². The Labute approximate surface area is 198 Å². The van der Waals surface area contributed by atoms with Crippen molar-refractivity contribution in [2.24, 2.45) is 0 Å². The van der Waals surface area contributed by atoms with Gasteiger partial charge in [0, 0.05) is 24.5 Å². The van der Waals surface area contributed by atoms with E-state index >= 15 is 0 Å². The Morgan fingerprint density at radius 3 is 2.26 bits per heavy atom. The van der Waals surface area contributed by atoms with Crippen LogP contribution in [-0.4, -0.2) is 61.9 Å². The van der Waals surface area contributed by atoms with Gasteiger partial charge in [0.05, 0.1) is 17.1 Å². The molecule has 0 spiro atoms. The number of amides is 1. The number of aryl methyl sites for hydroxylation is 1. The molecule has 1 aliphatic rings. The van der Waals surface area contributed by atoms with E-state index in [2.05, 4.69) is 10.3 Å². The molecule has 10 nitrogen and oxygen atoms in total. The fourth-order valence-electron chi connectivity index (χ4n) is 3.83. The number of sulfonamides is 1. The molecule has 1 aromatic carbocycles. The maximum absolute atomic E-state index is 12.7. The summed E-state index contributed by atoms with van der Waals surface area (Å²) in [6.07, 6.45) is 2.72. The Hall–Kier alpha value is -3.18. The minimum Gasteiger partial charge on any atom is -0.462 e. The lowest BCUT2D eigenvalue weighted by atomic mass is 10.1. The normalized spacial score (nSPS) is 14.4. The van der Waals surface area contributed by atoms with Crippen molar-refractivity contribution in [3.8, 4) is 0 Å². The molecule has 0 saturated carbocycles. The topological polar surface area (TPSA) is 135 Å². The average molecular weight is 492 g/mol. The lowest BCUT2D eigenvalue weighted by Crippen LogP contribution is -2.35. The summed E-state index contributed by atoms with van der Waals surface area (Å²) in [5, 5.41) is 2.56. The molecule has 2 aromatic rings. The van der Waals surface area contributed by atoms with Crippen molar-refractivity contribution >= 4 is 33.6 Å². The second-order valence-corrected chi connectivity index (χ2v) is 9.90. The molecule has 1 amide bonds. The number of anilines is 1. The number of piperidine rings is 1. The van der Waals surface area contributed by atoms with Gasteiger partial charge in [0.2, 0.25) is 10.0 Å². The number of ether oxygens (including phenoxy) is 2. The van der Waals surface area contributed by atoms with Crippen LogP contribution in [0.5, 0.6) is 0 Å². The number of hydrogen-bond donors (Lipinski definition) is 2. The number of hydrogen-bond acceptors (Lipinski definition) is 7. The molecule has 11 heteroatoms. The lowest BCUT2D eigenvalue weighted by Gasteiger charge is -2.25. The van der Waals surface area contributed by atoms with Crippen molar-refractivity contribution in [1.82, 2.24) is 9.29 Å². The Morgan fingerprint density at radius 2 is 1.65 bits per heavy atom. The monoisotopic (exact) mass is 491 g/mol. The van der Waals surface area contributed by atoms with Gasteiger partial charge in [-0.3, -0.25) is 4.79 Å². The van der Waals surface area contributed by atoms with Gasteiger partial charge in [-0.25, -0.2) is 18.0 Å². The Bertz CT molecular complexity index is 1160.